The van der Waals surface area contributed by atoms with Crippen molar-refractivity contribution >= 4 is 21.6 Å². The van der Waals surface area contributed by atoms with E-state index in [9.17, 15) is 15.2 Å². The van der Waals surface area contributed by atoms with Crippen molar-refractivity contribution in [1.29, 1.82) is 0 Å². The third kappa shape index (κ3) is 4.49. The number of rotatable bonds is 6. The maximum atomic E-state index is 11.0. The summed E-state index contributed by atoms with van der Waals surface area (Å²) in [5, 5.41) is 20.3. The molecule has 0 amide bonds. The van der Waals surface area contributed by atoms with Crippen LogP contribution in [0.1, 0.15) is 37.7 Å². The topological polar surface area (TPSA) is 66.6 Å². The van der Waals surface area contributed by atoms with E-state index in [1.54, 1.807) is 12.1 Å². The fourth-order valence-corrected chi connectivity index (χ4v) is 3.39. The molecule has 0 radical (unpaired) electrons. The van der Waals surface area contributed by atoms with Gasteiger partial charge in [0.1, 0.15) is 0 Å². The Morgan fingerprint density at radius 1 is 1.33 bits per heavy atom. The zero-order chi connectivity index (χ0) is 15.2. The number of aliphatic hydroxyl groups excluding tert-OH is 1. The number of hydrogen-bond acceptors (Lipinski definition) is 4. The average Bonchev–Trinajstić information content (AvgIpc) is 2.49. The van der Waals surface area contributed by atoms with Crippen molar-refractivity contribution < 1.29 is 10.0 Å². The molecule has 0 aliphatic heterocycles. The average molecular weight is 357 g/mol. The van der Waals surface area contributed by atoms with Crippen LogP contribution in [0, 0.1) is 10.1 Å². The quantitative estimate of drug-likeness (QED) is 0.625. The minimum Gasteiger partial charge on any atom is -0.395 e. The Bertz CT molecular complexity index is 490. The Hall–Kier alpha value is -0.980. The van der Waals surface area contributed by atoms with Crippen LogP contribution >= 0.6 is 15.9 Å². The van der Waals surface area contributed by atoms with E-state index in [1.165, 1.54) is 19.3 Å². The van der Waals surface area contributed by atoms with Gasteiger partial charge in [0.05, 0.1) is 16.0 Å². The first-order valence-corrected chi connectivity index (χ1v) is 8.19. The van der Waals surface area contributed by atoms with Gasteiger partial charge in [-0.3, -0.25) is 15.0 Å². The van der Waals surface area contributed by atoms with Crippen LogP contribution in [-0.2, 0) is 6.54 Å². The van der Waals surface area contributed by atoms with Crippen molar-refractivity contribution in [3.63, 3.8) is 0 Å². The predicted molar refractivity (Wildman–Crippen MR) is 85.2 cm³/mol. The molecule has 116 valence electrons. The number of nitro groups is 1. The summed E-state index contributed by atoms with van der Waals surface area (Å²) in [4.78, 5) is 12.9. The van der Waals surface area contributed by atoms with Crippen LogP contribution in [0.4, 0.5) is 5.69 Å². The maximum Gasteiger partial charge on any atom is 0.283 e. The van der Waals surface area contributed by atoms with Crippen LogP contribution in [0.2, 0.25) is 0 Å². The molecule has 1 aromatic carbocycles. The number of nitrogens with zero attached hydrogens (tertiary/aromatic N) is 2. The fourth-order valence-electron chi connectivity index (χ4n) is 3.00. The van der Waals surface area contributed by atoms with Crippen LogP contribution in [-0.4, -0.2) is 34.1 Å². The maximum absolute atomic E-state index is 11.0. The van der Waals surface area contributed by atoms with Gasteiger partial charge in [0, 0.05) is 25.2 Å². The lowest BCUT2D eigenvalue weighted by Crippen LogP contribution is -2.38. The minimum atomic E-state index is -0.370. The molecule has 1 N–H and O–H groups in total. The molecule has 0 bridgehead atoms. The van der Waals surface area contributed by atoms with E-state index < -0.39 is 0 Å². The highest BCUT2D eigenvalue weighted by Crippen LogP contribution is 2.28. The van der Waals surface area contributed by atoms with Gasteiger partial charge >= 0.3 is 0 Å². The Morgan fingerprint density at radius 2 is 2.05 bits per heavy atom. The third-order valence-corrected chi connectivity index (χ3v) is 4.74. The van der Waals surface area contributed by atoms with Crippen LogP contribution < -0.4 is 0 Å². The van der Waals surface area contributed by atoms with Crippen LogP contribution in [0.5, 0.6) is 0 Å². The van der Waals surface area contributed by atoms with Crippen molar-refractivity contribution in [1.82, 2.24) is 4.90 Å². The molecule has 2 rings (SSSR count). The van der Waals surface area contributed by atoms with Gasteiger partial charge in [-0.2, -0.15) is 0 Å². The van der Waals surface area contributed by atoms with Gasteiger partial charge in [-0.1, -0.05) is 25.3 Å². The zero-order valence-corrected chi connectivity index (χ0v) is 13.6. The molecule has 1 fully saturated rings. The molecule has 0 atom stereocenters. The van der Waals surface area contributed by atoms with E-state index in [1.807, 2.05) is 6.07 Å². The van der Waals surface area contributed by atoms with E-state index in [0.717, 1.165) is 18.4 Å². The first-order chi connectivity index (χ1) is 10.1. The lowest BCUT2D eigenvalue weighted by molar-refractivity contribution is -0.385. The molecule has 0 heterocycles. The van der Waals surface area contributed by atoms with Crippen molar-refractivity contribution in [2.75, 3.05) is 13.2 Å². The Kier molecular flexibility index (Phi) is 6.14. The highest BCUT2D eigenvalue weighted by atomic mass is 79.9. The number of benzene rings is 1. The lowest BCUT2D eigenvalue weighted by atomic mass is 9.94. The Balaban J connectivity index is 2.12. The molecule has 1 aliphatic rings. The SMILES string of the molecule is O=[N+]([O-])c1cc(CN(CCO)C2CCCCC2)ccc1Br. The van der Waals surface area contributed by atoms with Gasteiger partial charge in [-0.05, 0) is 40.4 Å². The number of aliphatic hydroxyl groups is 1. The molecule has 1 aliphatic carbocycles. The molecule has 0 unspecified atom stereocenters. The monoisotopic (exact) mass is 356 g/mol. The third-order valence-electron chi connectivity index (χ3n) is 4.07. The summed E-state index contributed by atoms with van der Waals surface area (Å²) in [6.07, 6.45) is 6.05. The van der Waals surface area contributed by atoms with Crippen molar-refractivity contribution in [2.24, 2.45) is 0 Å². The summed E-state index contributed by atoms with van der Waals surface area (Å²) in [5.74, 6) is 0. The second kappa shape index (κ2) is 7.87. The Labute approximate surface area is 133 Å². The molecule has 6 heteroatoms. The molecule has 5 nitrogen and oxygen atoms in total. The zero-order valence-electron chi connectivity index (χ0n) is 12.0. The predicted octanol–water partition coefficient (Wildman–Crippen LogP) is 3.48. The highest BCUT2D eigenvalue weighted by Gasteiger charge is 2.22. The van der Waals surface area contributed by atoms with Gasteiger partial charge in [0.25, 0.3) is 5.69 Å². The van der Waals surface area contributed by atoms with Gasteiger partial charge in [0.15, 0.2) is 0 Å². The number of hydrogen-bond donors (Lipinski definition) is 1. The van der Waals surface area contributed by atoms with Crippen molar-refractivity contribution in [3.05, 3.63) is 38.3 Å². The van der Waals surface area contributed by atoms with E-state index in [2.05, 4.69) is 20.8 Å². The van der Waals surface area contributed by atoms with Gasteiger partial charge in [0.2, 0.25) is 0 Å². The van der Waals surface area contributed by atoms with Gasteiger partial charge < -0.3 is 5.11 Å². The standard InChI is InChI=1S/C15H21BrN2O3/c16-14-7-6-12(10-15(14)18(20)21)11-17(8-9-19)13-4-2-1-3-5-13/h6-7,10,13,19H,1-5,8-9,11H2. The van der Waals surface area contributed by atoms with Crippen LogP contribution in [0.15, 0.2) is 22.7 Å². The molecule has 21 heavy (non-hydrogen) atoms. The fraction of sp³-hybridized carbons (Fsp3) is 0.600. The normalized spacial score (nSPS) is 16.3. The van der Waals surface area contributed by atoms with Crippen LogP contribution in [0.3, 0.4) is 0 Å². The van der Waals surface area contributed by atoms with E-state index in [4.69, 9.17) is 0 Å². The van der Waals surface area contributed by atoms with Gasteiger partial charge in [-0.25, -0.2) is 0 Å². The summed E-state index contributed by atoms with van der Waals surface area (Å²) >= 11 is 3.21. The van der Waals surface area contributed by atoms with E-state index in [-0.39, 0.29) is 17.2 Å². The molecule has 1 saturated carbocycles. The van der Waals surface area contributed by atoms with Gasteiger partial charge in [-0.15, -0.1) is 0 Å². The van der Waals surface area contributed by atoms with E-state index in [0.29, 0.717) is 23.6 Å². The highest BCUT2D eigenvalue weighted by molar-refractivity contribution is 9.10. The number of halogens is 1. The first kappa shape index (κ1) is 16.4. The minimum absolute atomic E-state index is 0.0973. The van der Waals surface area contributed by atoms with Crippen molar-refractivity contribution in [3.8, 4) is 0 Å². The Morgan fingerprint density at radius 3 is 2.67 bits per heavy atom. The van der Waals surface area contributed by atoms with Crippen LogP contribution in [0.25, 0.3) is 0 Å². The second-order valence-corrected chi connectivity index (χ2v) is 6.38. The molecule has 0 aromatic heterocycles. The molecule has 0 spiro atoms. The summed E-state index contributed by atoms with van der Waals surface area (Å²) in [7, 11) is 0. The first-order valence-electron chi connectivity index (χ1n) is 7.39. The molecular formula is C15H21BrN2O3. The summed E-state index contributed by atoms with van der Waals surface area (Å²) in [5.41, 5.74) is 1.02. The smallest absolute Gasteiger partial charge is 0.283 e. The molecule has 0 saturated heterocycles. The molecule has 1 aromatic rings. The number of nitro benzene ring substituents is 1. The van der Waals surface area contributed by atoms with E-state index >= 15 is 0 Å². The molecular weight excluding hydrogens is 336 g/mol. The van der Waals surface area contributed by atoms with Crippen molar-refractivity contribution in [2.45, 2.75) is 44.7 Å². The summed E-state index contributed by atoms with van der Waals surface area (Å²) in [6.45, 7) is 1.39. The second-order valence-electron chi connectivity index (χ2n) is 5.53. The largest absolute Gasteiger partial charge is 0.395 e. The summed E-state index contributed by atoms with van der Waals surface area (Å²) < 4.78 is 0.502. The summed E-state index contributed by atoms with van der Waals surface area (Å²) in [6, 6.07) is 5.74. The lowest BCUT2D eigenvalue weighted by Gasteiger charge is -2.34.